The van der Waals surface area contributed by atoms with E-state index in [9.17, 15) is 9.59 Å². The molecule has 7 heteroatoms. The summed E-state index contributed by atoms with van der Waals surface area (Å²) in [6, 6.07) is 7.27. The van der Waals surface area contributed by atoms with Crippen LogP contribution < -0.4 is 5.32 Å². The molecule has 2 saturated heterocycles. The molecule has 0 spiro atoms. The minimum Gasteiger partial charge on any atom is -0.482 e. The average Bonchev–Trinajstić information content (AvgIpc) is 3.25. The van der Waals surface area contributed by atoms with Crippen molar-refractivity contribution in [2.24, 2.45) is 0 Å². The van der Waals surface area contributed by atoms with Crippen molar-refractivity contribution in [2.75, 3.05) is 19.7 Å². The maximum atomic E-state index is 13.2. The van der Waals surface area contributed by atoms with Crippen LogP contribution in [0, 0.1) is 0 Å². The van der Waals surface area contributed by atoms with E-state index in [1.165, 1.54) is 0 Å². The normalized spacial score (nSPS) is 28.2. The number of ether oxygens (including phenoxy) is 2. The molecule has 1 N–H and O–H groups in total. The van der Waals surface area contributed by atoms with Gasteiger partial charge in [0.15, 0.2) is 5.76 Å². The van der Waals surface area contributed by atoms with Crippen LogP contribution in [0.25, 0.3) is 6.08 Å². The van der Waals surface area contributed by atoms with Crippen LogP contribution in [0.2, 0.25) is 5.02 Å². The van der Waals surface area contributed by atoms with Gasteiger partial charge in [-0.25, -0.2) is 0 Å². The average molecular weight is 419 g/mol. The first-order valence-corrected chi connectivity index (χ1v) is 10.8. The first kappa shape index (κ1) is 20.2. The van der Waals surface area contributed by atoms with E-state index in [0.717, 1.165) is 50.7 Å². The summed E-state index contributed by atoms with van der Waals surface area (Å²) in [6.07, 6.45) is 7.52. The van der Waals surface area contributed by atoms with Gasteiger partial charge < -0.3 is 19.7 Å². The summed E-state index contributed by atoms with van der Waals surface area (Å²) in [5.41, 5.74) is 0.731. The Morgan fingerprint density at radius 3 is 2.83 bits per heavy atom. The Hall–Kier alpha value is -2.05. The third kappa shape index (κ3) is 4.75. The van der Waals surface area contributed by atoms with Gasteiger partial charge in [0.25, 0.3) is 5.91 Å². The lowest BCUT2D eigenvalue weighted by atomic mass is 9.89. The summed E-state index contributed by atoms with van der Waals surface area (Å²) >= 11 is 6.25. The zero-order valence-corrected chi connectivity index (χ0v) is 17.2. The summed E-state index contributed by atoms with van der Waals surface area (Å²) in [6.45, 7) is 1.28. The Bertz CT molecular complexity index is 791. The highest BCUT2D eigenvalue weighted by molar-refractivity contribution is 6.32. The van der Waals surface area contributed by atoms with E-state index in [1.54, 1.807) is 17.0 Å². The number of hydrogen-bond acceptors (Lipinski definition) is 4. The fourth-order valence-corrected chi connectivity index (χ4v) is 4.53. The van der Waals surface area contributed by atoms with Gasteiger partial charge in [0.05, 0.1) is 12.1 Å². The molecule has 29 heavy (non-hydrogen) atoms. The number of nitrogens with zero attached hydrogens (tertiary/aromatic N) is 1. The molecule has 3 atom stereocenters. The molecule has 2 amide bonds. The monoisotopic (exact) mass is 418 g/mol. The third-order valence-corrected chi connectivity index (χ3v) is 6.22. The second-order valence-electron chi connectivity index (χ2n) is 7.91. The largest absolute Gasteiger partial charge is 0.482 e. The van der Waals surface area contributed by atoms with Gasteiger partial charge in [-0.3, -0.25) is 9.59 Å². The van der Waals surface area contributed by atoms with Gasteiger partial charge in [-0.05, 0) is 49.8 Å². The number of amides is 2. The van der Waals surface area contributed by atoms with Crippen LogP contribution >= 0.6 is 11.6 Å². The quantitative estimate of drug-likeness (QED) is 0.746. The lowest BCUT2D eigenvalue weighted by Crippen LogP contribution is -2.57. The van der Waals surface area contributed by atoms with Crippen molar-refractivity contribution in [1.29, 1.82) is 0 Å². The van der Waals surface area contributed by atoms with Gasteiger partial charge in [-0.2, -0.15) is 0 Å². The van der Waals surface area contributed by atoms with Crippen molar-refractivity contribution >= 4 is 29.5 Å². The Morgan fingerprint density at radius 2 is 2.03 bits per heavy atom. The third-order valence-electron chi connectivity index (χ3n) is 5.87. The van der Waals surface area contributed by atoms with Crippen LogP contribution in [0.15, 0.2) is 30.0 Å². The summed E-state index contributed by atoms with van der Waals surface area (Å²) in [5, 5.41) is 3.48. The SMILES string of the molecule is O=C(CN1C(=O)/C(=C\c2ccccc2Cl)OC2CCCCC21)NCC1CCCO1. The maximum absolute atomic E-state index is 13.2. The molecular weight excluding hydrogens is 392 g/mol. The molecule has 3 aliphatic rings. The van der Waals surface area contributed by atoms with E-state index in [2.05, 4.69) is 5.32 Å². The summed E-state index contributed by atoms with van der Waals surface area (Å²) in [5.74, 6) is -0.148. The fourth-order valence-electron chi connectivity index (χ4n) is 4.34. The molecule has 0 aromatic heterocycles. The Kier molecular flexibility index (Phi) is 6.40. The summed E-state index contributed by atoms with van der Waals surface area (Å²) < 4.78 is 11.6. The van der Waals surface area contributed by atoms with Crippen LogP contribution in [0.5, 0.6) is 0 Å². The van der Waals surface area contributed by atoms with Crippen LogP contribution in [-0.2, 0) is 19.1 Å². The molecule has 0 radical (unpaired) electrons. The highest BCUT2D eigenvalue weighted by atomic mass is 35.5. The number of hydrogen-bond donors (Lipinski definition) is 1. The van der Waals surface area contributed by atoms with E-state index >= 15 is 0 Å². The van der Waals surface area contributed by atoms with Crippen LogP contribution in [0.4, 0.5) is 0 Å². The summed E-state index contributed by atoms with van der Waals surface area (Å²) in [7, 11) is 0. The molecule has 4 rings (SSSR count). The predicted molar refractivity (Wildman–Crippen MR) is 110 cm³/mol. The molecule has 2 aliphatic heterocycles. The Morgan fingerprint density at radius 1 is 1.21 bits per heavy atom. The highest BCUT2D eigenvalue weighted by Gasteiger charge is 2.42. The molecule has 3 unspecified atom stereocenters. The topological polar surface area (TPSA) is 67.9 Å². The smallest absolute Gasteiger partial charge is 0.289 e. The summed E-state index contributed by atoms with van der Waals surface area (Å²) in [4.78, 5) is 27.4. The molecule has 156 valence electrons. The Balaban J connectivity index is 1.49. The zero-order chi connectivity index (χ0) is 20.2. The van der Waals surface area contributed by atoms with Gasteiger partial charge in [-0.15, -0.1) is 0 Å². The van der Waals surface area contributed by atoms with Gasteiger partial charge in [0.1, 0.15) is 12.6 Å². The highest BCUT2D eigenvalue weighted by Crippen LogP contribution is 2.33. The standard InChI is InChI=1S/C22H27ClN2O4/c23-17-8-2-1-6-15(17)12-20-22(27)25(18-9-3-4-10-19(18)29-20)14-21(26)24-13-16-7-5-11-28-16/h1-2,6,8,12,16,18-19H,3-5,7,9-11,13-14H2,(H,24,26)/b20-12+. The number of nitrogens with one attached hydrogen (secondary N) is 1. The number of rotatable bonds is 5. The number of halogens is 1. The Labute approximate surface area is 176 Å². The molecule has 1 aliphatic carbocycles. The van der Waals surface area contributed by atoms with Crippen molar-refractivity contribution in [2.45, 2.75) is 56.8 Å². The van der Waals surface area contributed by atoms with Gasteiger partial charge >= 0.3 is 0 Å². The first-order chi connectivity index (χ1) is 14.1. The van der Waals surface area contributed by atoms with Crippen molar-refractivity contribution in [3.63, 3.8) is 0 Å². The number of fused-ring (bicyclic) bond motifs is 1. The lowest BCUT2D eigenvalue weighted by Gasteiger charge is -2.44. The van der Waals surface area contributed by atoms with Crippen molar-refractivity contribution in [3.8, 4) is 0 Å². The van der Waals surface area contributed by atoms with Crippen LogP contribution in [-0.4, -0.2) is 54.7 Å². The number of benzene rings is 1. The molecule has 1 saturated carbocycles. The fraction of sp³-hybridized carbons (Fsp3) is 0.545. The molecule has 0 bridgehead atoms. The molecule has 1 aromatic rings. The second kappa shape index (κ2) is 9.18. The van der Waals surface area contributed by atoms with Crippen molar-refractivity contribution in [3.05, 3.63) is 40.6 Å². The molecular formula is C22H27ClN2O4. The van der Waals surface area contributed by atoms with Crippen LogP contribution in [0.3, 0.4) is 0 Å². The number of carbonyl (C=O) groups is 2. The first-order valence-electron chi connectivity index (χ1n) is 10.4. The van der Waals surface area contributed by atoms with Crippen LogP contribution in [0.1, 0.15) is 44.1 Å². The molecule has 2 heterocycles. The van der Waals surface area contributed by atoms with Crippen molar-refractivity contribution in [1.82, 2.24) is 10.2 Å². The van der Waals surface area contributed by atoms with E-state index in [4.69, 9.17) is 21.1 Å². The minimum atomic E-state index is -0.250. The van der Waals surface area contributed by atoms with Gasteiger partial charge in [0.2, 0.25) is 5.91 Å². The molecule has 6 nitrogen and oxygen atoms in total. The van der Waals surface area contributed by atoms with Gasteiger partial charge in [0, 0.05) is 18.2 Å². The maximum Gasteiger partial charge on any atom is 0.289 e. The van der Waals surface area contributed by atoms with E-state index in [-0.39, 0.29) is 42.4 Å². The van der Waals surface area contributed by atoms with E-state index < -0.39 is 0 Å². The van der Waals surface area contributed by atoms with E-state index in [0.29, 0.717) is 11.6 Å². The lowest BCUT2D eigenvalue weighted by molar-refractivity contribution is -0.151. The number of morpholine rings is 1. The minimum absolute atomic E-state index is 0.0376. The zero-order valence-electron chi connectivity index (χ0n) is 16.4. The predicted octanol–water partition coefficient (Wildman–Crippen LogP) is 3.15. The van der Waals surface area contributed by atoms with E-state index in [1.807, 2.05) is 18.2 Å². The van der Waals surface area contributed by atoms with Crippen molar-refractivity contribution < 1.29 is 19.1 Å². The van der Waals surface area contributed by atoms with Gasteiger partial charge in [-0.1, -0.05) is 36.2 Å². The number of carbonyl (C=O) groups excluding carboxylic acids is 2. The second-order valence-corrected chi connectivity index (χ2v) is 8.32. The molecule has 1 aromatic carbocycles. The molecule has 3 fully saturated rings.